The average Bonchev–Trinajstić information content (AvgIpc) is 3.54. The summed E-state index contributed by atoms with van der Waals surface area (Å²) < 4.78 is 5.88. The SMILES string of the molecule is CCc1ccc(C(c2ccc(OCc3ccccn3)cc2)C2CC2)cc1. The number of hydrogen-bond donors (Lipinski definition) is 0. The first-order valence-electron chi connectivity index (χ1n) is 9.55. The second kappa shape index (κ2) is 7.74. The topological polar surface area (TPSA) is 22.1 Å². The van der Waals surface area contributed by atoms with Crippen LogP contribution >= 0.6 is 0 Å². The van der Waals surface area contributed by atoms with Gasteiger partial charge < -0.3 is 4.74 Å². The van der Waals surface area contributed by atoms with Crippen LogP contribution in [0, 0.1) is 5.92 Å². The van der Waals surface area contributed by atoms with Crippen molar-refractivity contribution in [3.63, 3.8) is 0 Å². The lowest BCUT2D eigenvalue weighted by atomic mass is 9.86. The standard InChI is InChI=1S/C24H25NO/c1-2-18-6-8-19(9-7-18)24(20-10-11-20)21-12-14-23(15-13-21)26-17-22-5-3-4-16-25-22/h3-9,12-16,20,24H,2,10-11,17H2,1H3. The van der Waals surface area contributed by atoms with E-state index in [-0.39, 0.29) is 0 Å². The predicted octanol–water partition coefficient (Wildman–Crippen LogP) is 5.76. The number of aryl methyl sites for hydroxylation is 1. The lowest BCUT2D eigenvalue weighted by Crippen LogP contribution is -2.04. The molecular weight excluding hydrogens is 318 g/mol. The minimum atomic E-state index is 0.505. The summed E-state index contributed by atoms with van der Waals surface area (Å²) in [5, 5.41) is 0. The van der Waals surface area contributed by atoms with Crippen molar-refractivity contribution in [3.8, 4) is 5.75 Å². The third-order valence-corrected chi connectivity index (χ3v) is 5.19. The molecule has 0 aliphatic heterocycles. The number of pyridine rings is 1. The lowest BCUT2D eigenvalue weighted by molar-refractivity contribution is 0.301. The van der Waals surface area contributed by atoms with Crippen LogP contribution in [0.2, 0.25) is 0 Å². The largest absolute Gasteiger partial charge is 0.487 e. The highest BCUT2D eigenvalue weighted by Crippen LogP contribution is 2.46. The van der Waals surface area contributed by atoms with Crippen LogP contribution in [-0.2, 0) is 13.0 Å². The molecule has 2 aromatic carbocycles. The molecule has 2 nitrogen and oxygen atoms in total. The van der Waals surface area contributed by atoms with E-state index < -0.39 is 0 Å². The minimum Gasteiger partial charge on any atom is -0.487 e. The van der Waals surface area contributed by atoms with Gasteiger partial charge in [-0.05, 0) is 66.1 Å². The summed E-state index contributed by atoms with van der Waals surface area (Å²) in [4.78, 5) is 4.30. The quantitative estimate of drug-likeness (QED) is 0.544. The maximum atomic E-state index is 5.88. The Morgan fingerprint density at radius 1 is 0.923 bits per heavy atom. The highest BCUT2D eigenvalue weighted by molar-refractivity contribution is 5.38. The van der Waals surface area contributed by atoms with Crippen molar-refractivity contribution in [2.24, 2.45) is 5.92 Å². The molecule has 1 aliphatic carbocycles. The number of benzene rings is 2. The van der Waals surface area contributed by atoms with Gasteiger partial charge in [-0.25, -0.2) is 0 Å². The van der Waals surface area contributed by atoms with Gasteiger partial charge in [-0.15, -0.1) is 0 Å². The summed E-state index contributed by atoms with van der Waals surface area (Å²) in [6.07, 6.45) is 5.55. The summed E-state index contributed by atoms with van der Waals surface area (Å²) in [6, 6.07) is 23.7. The highest BCUT2D eigenvalue weighted by Gasteiger charge is 2.33. The molecule has 1 atom stereocenters. The first-order valence-corrected chi connectivity index (χ1v) is 9.55. The zero-order chi connectivity index (χ0) is 17.8. The molecule has 4 rings (SSSR count). The summed E-state index contributed by atoms with van der Waals surface area (Å²) in [7, 11) is 0. The Kier molecular flexibility index (Phi) is 5.01. The van der Waals surface area contributed by atoms with E-state index in [0.717, 1.165) is 23.8 Å². The Balaban J connectivity index is 1.48. The Morgan fingerprint density at radius 3 is 2.19 bits per heavy atom. The molecule has 132 valence electrons. The maximum Gasteiger partial charge on any atom is 0.130 e. The van der Waals surface area contributed by atoms with E-state index in [1.54, 1.807) is 6.20 Å². The van der Waals surface area contributed by atoms with Gasteiger partial charge in [0.15, 0.2) is 0 Å². The van der Waals surface area contributed by atoms with Crippen molar-refractivity contribution in [2.75, 3.05) is 0 Å². The van der Waals surface area contributed by atoms with Crippen molar-refractivity contribution < 1.29 is 4.74 Å². The van der Waals surface area contributed by atoms with Gasteiger partial charge in [-0.3, -0.25) is 4.98 Å². The molecule has 26 heavy (non-hydrogen) atoms. The van der Waals surface area contributed by atoms with Crippen LogP contribution in [-0.4, -0.2) is 4.98 Å². The number of nitrogens with zero attached hydrogens (tertiary/aromatic N) is 1. The minimum absolute atomic E-state index is 0.505. The second-order valence-corrected chi connectivity index (χ2v) is 7.09. The third-order valence-electron chi connectivity index (χ3n) is 5.19. The van der Waals surface area contributed by atoms with Gasteiger partial charge in [-0.1, -0.05) is 49.4 Å². The van der Waals surface area contributed by atoms with E-state index >= 15 is 0 Å². The highest BCUT2D eigenvalue weighted by atomic mass is 16.5. The van der Waals surface area contributed by atoms with Crippen molar-refractivity contribution in [3.05, 3.63) is 95.3 Å². The molecule has 0 amide bonds. The molecule has 0 N–H and O–H groups in total. The van der Waals surface area contributed by atoms with E-state index in [2.05, 4.69) is 60.4 Å². The van der Waals surface area contributed by atoms with Gasteiger partial charge >= 0.3 is 0 Å². The van der Waals surface area contributed by atoms with Crippen molar-refractivity contribution in [1.82, 2.24) is 4.98 Å². The Hall–Kier alpha value is -2.61. The van der Waals surface area contributed by atoms with Crippen LogP contribution in [0.5, 0.6) is 5.75 Å². The molecule has 1 fully saturated rings. The normalized spacial score (nSPS) is 14.8. The van der Waals surface area contributed by atoms with E-state index in [1.165, 1.54) is 29.5 Å². The fourth-order valence-electron chi connectivity index (χ4n) is 3.54. The fourth-order valence-corrected chi connectivity index (χ4v) is 3.54. The van der Waals surface area contributed by atoms with Crippen LogP contribution in [0.1, 0.15) is 48.1 Å². The molecule has 1 aromatic heterocycles. The molecule has 3 aromatic rings. The van der Waals surface area contributed by atoms with Gasteiger partial charge in [0.2, 0.25) is 0 Å². The first kappa shape index (κ1) is 16.8. The maximum absolute atomic E-state index is 5.88. The zero-order valence-corrected chi connectivity index (χ0v) is 15.3. The van der Waals surface area contributed by atoms with Gasteiger partial charge in [-0.2, -0.15) is 0 Å². The van der Waals surface area contributed by atoms with Gasteiger partial charge in [0.05, 0.1) is 5.69 Å². The lowest BCUT2D eigenvalue weighted by Gasteiger charge is -2.18. The molecule has 1 saturated carbocycles. The molecular formula is C24H25NO. The molecule has 0 spiro atoms. The molecule has 0 bridgehead atoms. The van der Waals surface area contributed by atoms with Gasteiger partial charge in [0.1, 0.15) is 12.4 Å². The Morgan fingerprint density at radius 2 is 1.62 bits per heavy atom. The summed E-state index contributed by atoms with van der Waals surface area (Å²) >= 11 is 0. The van der Waals surface area contributed by atoms with Crippen molar-refractivity contribution in [1.29, 1.82) is 0 Å². The third kappa shape index (κ3) is 3.96. The molecule has 2 heteroatoms. The summed E-state index contributed by atoms with van der Waals surface area (Å²) in [6.45, 7) is 2.71. The molecule has 1 heterocycles. The number of rotatable bonds is 7. The fraction of sp³-hybridized carbons (Fsp3) is 0.292. The van der Waals surface area contributed by atoms with Crippen LogP contribution in [0.15, 0.2) is 72.9 Å². The van der Waals surface area contributed by atoms with Crippen LogP contribution in [0.25, 0.3) is 0 Å². The van der Waals surface area contributed by atoms with Gasteiger partial charge in [0, 0.05) is 12.1 Å². The van der Waals surface area contributed by atoms with Crippen LogP contribution in [0.4, 0.5) is 0 Å². The summed E-state index contributed by atoms with van der Waals surface area (Å²) in [5.74, 6) is 2.18. The monoisotopic (exact) mass is 343 g/mol. The van der Waals surface area contributed by atoms with E-state index in [9.17, 15) is 0 Å². The van der Waals surface area contributed by atoms with Crippen LogP contribution < -0.4 is 4.74 Å². The predicted molar refractivity (Wildman–Crippen MR) is 105 cm³/mol. The zero-order valence-electron chi connectivity index (χ0n) is 15.3. The average molecular weight is 343 g/mol. The van der Waals surface area contributed by atoms with Gasteiger partial charge in [0.25, 0.3) is 0 Å². The Bertz CT molecular complexity index is 820. The van der Waals surface area contributed by atoms with E-state index in [1.807, 2.05) is 18.2 Å². The molecule has 1 aliphatic rings. The number of hydrogen-bond acceptors (Lipinski definition) is 2. The second-order valence-electron chi connectivity index (χ2n) is 7.09. The first-order chi connectivity index (χ1) is 12.8. The van der Waals surface area contributed by atoms with E-state index in [0.29, 0.717) is 12.5 Å². The van der Waals surface area contributed by atoms with Crippen molar-refractivity contribution >= 4 is 0 Å². The smallest absolute Gasteiger partial charge is 0.130 e. The molecule has 1 unspecified atom stereocenters. The Labute approximate surface area is 155 Å². The molecule has 0 saturated heterocycles. The number of aromatic nitrogens is 1. The van der Waals surface area contributed by atoms with E-state index in [4.69, 9.17) is 4.74 Å². The van der Waals surface area contributed by atoms with Crippen LogP contribution in [0.3, 0.4) is 0 Å². The summed E-state index contributed by atoms with van der Waals surface area (Å²) in [5.41, 5.74) is 5.18. The van der Waals surface area contributed by atoms with Crippen molar-refractivity contribution in [2.45, 2.75) is 38.7 Å². The number of ether oxygens (including phenoxy) is 1. The molecule has 0 radical (unpaired) electrons.